The molecule has 0 aliphatic carbocycles. The van der Waals surface area contributed by atoms with E-state index in [0.717, 1.165) is 0 Å². The number of hydrogen-bond donors (Lipinski definition) is 2. The molecule has 0 saturated carbocycles. The molecule has 48 heavy (non-hydrogen) atoms. The zero-order valence-electron chi connectivity index (χ0n) is 27.5. The van der Waals surface area contributed by atoms with Crippen LogP contribution in [0.2, 0.25) is 0 Å². The third-order valence-electron chi connectivity index (χ3n) is 9.85. The average Bonchev–Trinajstić information content (AvgIpc) is 3.65. The van der Waals surface area contributed by atoms with E-state index in [4.69, 9.17) is 9.47 Å². The fourth-order valence-corrected chi connectivity index (χ4v) is 8.37. The molecule has 4 aliphatic rings. The minimum absolute atomic E-state index is 0.203. The summed E-state index contributed by atoms with van der Waals surface area (Å²) in [5.74, 6) is -3.92. The Morgan fingerprint density at radius 2 is 1.65 bits per heavy atom. The molecule has 8 atom stereocenters. The van der Waals surface area contributed by atoms with Crippen molar-refractivity contribution in [3.05, 3.63) is 94.5 Å². The van der Waals surface area contributed by atoms with Gasteiger partial charge in [0.25, 0.3) is 0 Å². The molecule has 4 heterocycles. The quantitative estimate of drug-likeness (QED) is 0.356. The van der Waals surface area contributed by atoms with Crippen LogP contribution in [0.1, 0.15) is 63.8 Å². The van der Waals surface area contributed by atoms with E-state index in [2.05, 4.69) is 21.2 Å². The van der Waals surface area contributed by atoms with E-state index < -0.39 is 71.8 Å². The van der Waals surface area contributed by atoms with E-state index in [1.54, 1.807) is 30.0 Å². The van der Waals surface area contributed by atoms with E-state index in [9.17, 15) is 19.5 Å². The molecule has 5 bridgehead atoms. The summed E-state index contributed by atoms with van der Waals surface area (Å²) in [6.07, 6.45) is 4.40. The van der Waals surface area contributed by atoms with Gasteiger partial charge in [0.1, 0.15) is 29.8 Å². The Hall–Kier alpha value is -3.80. The Labute approximate surface area is 289 Å². The number of amides is 3. The molecule has 254 valence electrons. The number of fused-ring (bicyclic) bond motifs is 2. The highest BCUT2D eigenvalue weighted by atomic mass is 79.9. The molecule has 0 radical (unpaired) electrons. The van der Waals surface area contributed by atoms with Crippen LogP contribution in [0.15, 0.2) is 83.4 Å². The van der Waals surface area contributed by atoms with Gasteiger partial charge >= 0.3 is 5.97 Å². The average molecular weight is 721 g/mol. The molecule has 0 unspecified atom stereocenters. The molecule has 2 aromatic carbocycles. The molecular weight excluding hydrogens is 678 g/mol. The number of cyclic esters (lactones) is 1. The van der Waals surface area contributed by atoms with Gasteiger partial charge in [-0.25, -0.2) is 0 Å². The number of allylic oxidation sites excluding steroid dienone is 1. The Morgan fingerprint density at radius 1 is 0.979 bits per heavy atom. The lowest BCUT2D eigenvalue weighted by atomic mass is 9.74. The number of halogens is 1. The highest BCUT2D eigenvalue weighted by Gasteiger charge is 2.76. The first-order valence-electron chi connectivity index (χ1n) is 16.4. The van der Waals surface area contributed by atoms with Crippen LogP contribution in [-0.4, -0.2) is 81.1 Å². The molecule has 0 aromatic heterocycles. The van der Waals surface area contributed by atoms with Gasteiger partial charge in [0, 0.05) is 23.0 Å². The lowest BCUT2D eigenvalue weighted by Crippen LogP contribution is -2.60. The molecule has 10 nitrogen and oxygen atoms in total. The Morgan fingerprint density at radius 3 is 2.29 bits per heavy atom. The summed E-state index contributed by atoms with van der Waals surface area (Å²) in [5.41, 5.74) is -0.854. The number of benzene rings is 2. The van der Waals surface area contributed by atoms with Gasteiger partial charge in [-0.1, -0.05) is 88.7 Å². The van der Waals surface area contributed by atoms with Crippen molar-refractivity contribution in [2.75, 3.05) is 13.2 Å². The number of ether oxygens (including phenoxy) is 2. The molecule has 2 fully saturated rings. The normalized spacial score (nSPS) is 32.4. The van der Waals surface area contributed by atoms with Crippen molar-refractivity contribution in [2.24, 2.45) is 11.8 Å². The molecule has 2 N–H and O–H groups in total. The first-order valence-corrected chi connectivity index (χ1v) is 17.2. The maximum Gasteiger partial charge on any atom is 0.313 e. The third-order valence-corrected chi connectivity index (χ3v) is 10.5. The predicted molar refractivity (Wildman–Crippen MR) is 181 cm³/mol. The van der Waals surface area contributed by atoms with Gasteiger partial charge in [0.15, 0.2) is 0 Å². The summed E-state index contributed by atoms with van der Waals surface area (Å²) < 4.78 is 13.5. The molecule has 1 spiro atoms. The molecule has 6 rings (SSSR count). The number of aliphatic hydroxyl groups excluding tert-OH is 1. The van der Waals surface area contributed by atoms with Crippen LogP contribution in [0, 0.1) is 11.8 Å². The number of nitrogens with zero attached hydrogens (tertiary/aromatic N) is 2. The number of aliphatic hydroxyl groups is 1. The van der Waals surface area contributed by atoms with Gasteiger partial charge in [0.2, 0.25) is 17.7 Å². The van der Waals surface area contributed by atoms with E-state index in [1.165, 1.54) is 4.90 Å². The summed E-state index contributed by atoms with van der Waals surface area (Å²) >= 11 is 3.61. The van der Waals surface area contributed by atoms with Crippen molar-refractivity contribution < 1.29 is 33.8 Å². The van der Waals surface area contributed by atoms with Gasteiger partial charge in [-0.2, -0.15) is 0 Å². The van der Waals surface area contributed by atoms with E-state index in [1.807, 2.05) is 81.5 Å². The van der Waals surface area contributed by atoms with Crippen LogP contribution in [0.4, 0.5) is 0 Å². The highest BCUT2D eigenvalue weighted by Crippen LogP contribution is 2.60. The number of likely N-dealkylation sites (tertiary alicyclic amines) is 1. The van der Waals surface area contributed by atoms with Crippen molar-refractivity contribution in [1.82, 2.24) is 15.1 Å². The van der Waals surface area contributed by atoms with Crippen LogP contribution in [0.25, 0.3) is 0 Å². The van der Waals surface area contributed by atoms with Crippen LogP contribution >= 0.6 is 15.9 Å². The standard InChI is InChI=1S/C37H42BrN3O7/c1-22-30(24-16-10-6-11-17-24)47-35(46)28-29-33(44)41(26(21-42)23-14-8-5-9-15-23)32(37(29)20-25(38)31(28)48-37)34(45)40(36(2,3)4)19-13-7-12-18-27(43)39-22/h5-11,13-17,20,22,26,28-32,42H,12,18-19,21H2,1-4H3,(H,39,43)/b13-7-/t22-,26+,28+,29-,30+,31+,32+,37-/m0/s1. The zero-order chi connectivity index (χ0) is 34.4. The fourth-order valence-electron chi connectivity index (χ4n) is 7.63. The zero-order valence-corrected chi connectivity index (χ0v) is 29.1. The van der Waals surface area contributed by atoms with Crippen molar-refractivity contribution in [3.8, 4) is 0 Å². The molecule has 3 amide bonds. The fraction of sp³-hybridized carbons (Fsp3) is 0.459. The highest BCUT2D eigenvalue weighted by molar-refractivity contribution is 9.11. The second kappa shape index (κ2) is 13.2. The van der Waals surface area contributed by atoms with Gasteiger partial charge in [-0.15, -0.1) is 0 Å². The number of hydrogen-bond acceptors (Lipinski definition) is 7. The Balaban J connectivity index is 1.51. The predicted octanol–water partition coefficient (Wildman–Crippen LogP) is 4.36. The van der Waals surface area contributed by atoms with E-state index in [0.29, 0.717) is 22.0 Å². The number of carbonyl (C=O) groups excluding carboxylic acids is 4. The smallest absolute Gasteiger partial charge is 0.313 e. The van der Waals surface area contributed by atoms with Crippen LogP contribution in [-0.2, 0) is 28.7 Å². The maximum absolute atomic E-state index is 15.0. The molecule has 2 saturated heterocycles. The van der Waals surface area contributed by atoms with Gasteiger partial charge in [-0.05, 0) is 51.3 Å². The SMILES string of the molecule is C[C@@H]1NC(=O)CC/C=C\CN(C(C)(C)C)C(=O)[C@H]2N([C@H](CO)c3ccccc3)C(=O)[C@@H]3[C@@H](C(=O)O[C@H]1c1ccccc1)[C@@H]1O[C@@]32C=C1Br. The largest absolute Gasteiger partial charge is 0.455 e. The van der Waals surface area contributed by atoms with Crippen molar-refractivity contribution in [1.29, 1.82) is 0 Å². The number of nitrogens with one attached hydrogen (secondary N) is 1. The summed E-state index contributed by atoms with van der Waals surface area (Å²) in [6.45, 7) is 7.28. The van der Waals surface area contributed by atoms with Gasteiger partial charge in [0.05, 0.1) is 24.6 Å². The van der Waals surface area contributed by atoms with E-state index >= 15 is 4.79 Å². The van der Waals surface area contributed by atoms with Crippen LogP contribution in [0.5, 0.6) is 0 Å². The molecular formula is C37H42BrN3O7. The lowest BCUT2D eigenvalue weighted by Gasteiger charge is -2.43. The Kier molecular flexibility index (Phi) is 9.41. The van der Waals surface area contributed by atoms with Crippen LogP contribution in [0.3, 0.4) is 0 Å². The van der Waals surface area contributed by atoms with Crippen molar-refractivity contribution in [3.63, 3.8) is 0 Å². The van der Waals surface area contributed by atoms with Gasteiger partial charge in [-0.3, -0.25) is 19.2 Å². The minimum atomic E-state index is -1.51. The van der Waals surface area contributed by atoms with E-state index in [-0.39, 0.29) is 24.8 Å². The number of esters is 1. The molecule has 2 aromatic rings. The van der Waals surface area contributed by atoms with Crippen LogP contribution < -0.4 is 5.32 Å². The second-order valence-corrected chi connectivity index (χ2v) is 14.9. The monoisotopic (exact) mass is 719 g/mol. The first-order chi connectivity index (χ1) is 22.9. The summed E-state index contributed by atoms with van der Waals surface area (Å²) in [5, 5.41) is 13.8. The Bertz CT molecular complexity index is 1620. The summed E-state index contributed by atoms with van der Waals surface area (Å²) in [6, 6.07) is 15.6. The third kappa shape index (κ3) is 5.90. The topological polar surface area (TPSA) is 125 Å². The lowest BCUT2D eigenvalue weighted by molar-refractivity contribution is -0.162. The first kappa shape index (κ1) is 34.1. The number of carbonyl (C=O) groups is 4. The maximum atomic E-state index is 15.0. The molecule has 4 aliphatic heterocycles. The summed E-state index contributed by atoms with van der Waals surface area (Å²) in [7, 11) is 0. The van der Waals surface area contributed by atoms with Gasteiger partial charge < -0.3 is 29.7 Å². The number of rotatable bonds is 4. The van der Waals surface area contributed by atoms with Crippen molar-refractivity contribution in [2.45, 2.75) is 82.0 Å². The van der Waals surface area contributed by atoms with Crippen molar-refractivity contribution >= 4 is 39.6 Å². The second-order valence-electron chi connectivity index (χ2n) is 13.9. The minimum Gasteiger partial charge on any atom is -0.455 e. The molecule has 11 heteroatoms. The summed E-state index contributed by atoms with van der Waals surface area (Å²) in [4.78, 5) is 60.4.